The van der Waals surface area contributed by atoms with Crippen molar-refractivity contribution in [3.05, 3.63) is 18.2 Å². The van der Waals surface area contributed by atoms with Gasteiger partial charge in [-0.3, -0.25) is 9.59 Å². The molecule has 0 radical (unpaired) electrons. The summed E-state index contributed by atoms with van der Waals surface area (Å²) in [4.78, 5) is 25.1. The van der Waals surface area contributed by atoms with Crippen LogP contribution in [0.2, 0.25) is 0 Å². The van der Waals surface area contributed by atoms with Gasteiger partial charge in [-0.2, -0.15) is 0 Å². The number of ether oxygens (including phenoxy) is 2. The molecule has 0 saturated heterocycles. The number of anilines is 1. The maximum atomic E-state index is 12.9. The molecule has 4 fully saturated rings. The highest BCUT2D eigenvalue weighted by molar-refractivity contribution is 5.95. The summed E-state index contributed by atoms with van der Waals surface area (Å²) < 4.78 is 10.6. The van der Waals surface area contributed by atoms with Gasteiger partial charge in [0.1, 0.15) is 0 Å². The smallest absolute Gasteiger partial charge is 0.243 e. The fourth-order valence-corrected chi connectivity index (χ4v) is 5.92. The van der Waals surface area contributed by atoms with Crippen molar-refractivity contribution in [2.24, 2.45) is 23.2 Å². The van der Waals surface area contributed by atoms with Gasteiger partial charge in [-0.15, -0.1) is 0 Å². The van der Waals surface area contributed by atoms with Crippen molar-refractivity contribution in [1.29, 1.82) is 0 Å². The summed E-state index contributed by atoms with van der Waals surface area (Å²) in [5, 5.41) is 5.72. The highest BCUT2D eigenvalue weighted by Crippen LogP contribution is 2.60. The zero-order chi connectivity index (χ0) is 17.7. The lowest BCUT2D eigenvalue weighted by atomic mass is 9.49. The Labute approximate surface area is 152 Å². The van der Waals surface area contributed by atoms with Gasteiger partial charge in [-0.05, 0) is 68.4 Å². The molecule has 0 unspecified atom stereocenters. The van der Waals surface area contributed by atoms with E-state index in [2.05, 4.69) is 10.6 Å². The van der Waals surface area contributed by atoms with E-state index in [-0.39, 0.29) is 30.6 Å². The van der Waals surface area contributed by atoms with E-state index in [1.165, 1.54) is 19.3 Å². The topological polar surface area (TPSA) is 76.7 Å². The van der Waals surface area contributed by atoms with Crippen molar-refractivity contribution in [2.45, 2.75) is 38.5 Å². The minimum Gasteiger partial charge on any atom is -0.454 e. The Morgan fingerprint density at radius 1 is 1.00 bits per heavy atom. The second-order valence-electron chi connectivity index (χ2n) is 8.50. The van der Waals surface area contributed by atoms with Crippen LogP contribution in [0.5, 0.6) is 11.5 Å². The second-order valence-corrected chi connectivity index (χ2v) is 8.50. The second kappa shape index (κ2) is 5.89. The van der Waals surface area contributed by atoms with E-state index in [4.69, 9.17) is 9.47 Å². The van der Waals surface area contributed by atoms with Gasteiger partial charge in [0.2, 0.25) is 18.6 Å². The quantitative estimate of drug-likeness (QED) is 0.870. The third-order valence-electron chi connectivity index (χ3n) is 6.59. The minimum absolute atomic E-state index is 0.00895. The van der Waals surface area contributed by atoms with Gasteiger partial charge in [0.25, 0.3) is 0 Å². The maximum Gasteiger partial charge on any atom is 0.243 e. The lowest BCUT2D eigenvalue weighted by Gasteiger charge is -2.55. The van der Waals surface area contributed by atoms with Gasteiger partial charge in [-0.25, -0.2) is 0 Å². The van der Waals surface area contributed by atoms with Crippen LogP contribution in [0.15, 0.2) is 18.2 Å². The summed E-state index contributed by atoms with van der Waals surface area (Å²) in [6.45, 7) is 0.211. The molecule has 1 heterocycles. The molecular formula is C20H24N2O4. The summed E-state index contributed by atoms with van der Waals surface area (Å²) in [7, 11) is 0. The number of fused-ring (bicyclic) bond motifs is 1. The van der Waals surface area contributed by atoms with E-state index in [9.17, 15) is 9.59 Å². The van der Waals surface area contributed by atoms with Crippen molar-refractivity contribution in [3.8, 4) is 11.5 Å². The SMILES string of the molecule is O=C(CNC(=O)C12CC3CC(CC(C3)C1)C2)Nc1ccc2c(c1)OCO2. The number of benzene rings is 1. The Morgan fingerprint density at radius 2 is 1.65 bits per heavy atom. The highest BCUT2D eigenvalue weighted by Gasteiger charge is 2.54. The summed E-state index contributed by atoms with van der Waals surface area (Å²) in [6, 6.07) is 5.28. The molecule has 5 aliphatic rings. The molecule has 4 bridgehead atoms. The number of carbonyl (C=O) groups excluding carboxylic acids is 2. The summed E-state index contributed by atoms with van der Waals surface area (Å²) >= 11 is 0. The molecule has 138 valence electrons. The van der Waals surface area contributed by atoms with Crippen LogP contribution in [0.4, 0.5) is 5.69 Å². The largest absolute Gasteiger partial charge is 0.454 e. The number of rotatable bonds is 4. The van der Waals surface area contributed by atoms with Crippen molar-refractivity contribution < 1.29 is 19.1 Å². The third-order valence-corrected chi connectivity index (χ3v) is 6.59. The van der Waals surface area contributed by atoms with Crippen LogP contribution < -0.4 is 20.1 Å². The Hall–Kier alpha value is -2.24. The van der Waals surface area contributed by atoms with Gasteiger partial charge >= 0.3 is 0 Å². The van der Waals surface area contributed by atoms with Gasteiger partial charge < -0.3 is 20.1 Å². The number of amides is 2. The Balaban J connectivity index is 1.18. The average molecular weight is 356 g/mol. The van der Waals surface area contributed by atoms with Crippen LogP contribution in [-0.4, -0.2) is 25.2 Å². The molecule has 2 N–H and O–H groups in total. The van der Waals surface area contributed by atoms with Crippen LogP contribution in [0.1, 0.15) is 38.5 Å². The minimum atomic E-state index is -0.220. The number of carbonyl (C=O) groups is 2. The van der Waals surface area contributed by atoms with Gasteiger partial charge in [-0.1, -0.05) is 0 Å². The van der Waals surface area contributed by atoms with E-state index in [1.54, 1.807) is 18.2 Å². The molecule has 0 spiro atoms. The third kappa shape index (κ3) is 2.72. The molecule has 4 aliphatic carbocycles. The molecule has 1 aliphatic heterocycles. The predicted molar refractivity (Wildman–Crippen MR) is 94.8 cm³/mol. The number of hydrogen-bond acceptors (Lipinski definition) is 4. The van der Waals surface area contributed by atoms with Gasteiger partial charge in [0.05, 0.1) is 6.54 Å². The molecule has 6 heteroatoms. The fraction of sp³-hybridized carbons (Fsp3) is 0.600. The Bertz CT molecular complexity index is 725. The molecule has 1 aromatic carbocycles. The molecule has 1 aromatic rings. The molecule has 0 aromatic heterocycles. The lowest BCUT2D eigenvalue weighted by Crippen LogP contribution is -2.54. The van der Waals surface area contributed by atoms with E-state index in [0.717, 1.165) is 37.0 Å². The first kappa shape index (κ1) is 16.0. The van der Waals surface area contributed by atoms with Crippen molar-refractivity contribution >= 4 is 17.5 Å². The van der Waals surface area contributed by atoms with E-state index in [0.29, 0.717) is 17.2 Å². The van der Waals surface area contributed by atoms with Crippen LogP contribution >= 0.6 is 0 Å². The molecule has 26 heavy (non-hydrogen) atoms. The summed E-state index contributed by atoms with van der Waals surface area (Å²) in [5.41, 5.74) is 0.427. The predicted octanol–water partition coefficient (Wildman–Crippen LogP) is 2.69. The Morgan fingerprint density at radius 3 is 2.35 bits per heavy atom. The van der Waals surface area contributed by atoms with Gasteiger partial charge in [0, 0.05) is 17.2 Å². The highest BCUT2D eigenvalue weighted by atomic mass is 16.7. The van der Waals surface area contributed by atoms with E-state index < -0.39 is 0 Å². The summed E-state index contributed by atoms with van der Waals surface area (Å²) in [6.07, 6.45) is 6.93. The average Bonchev–Trinajstić information content (AvgIpc) is 3.06. The van der Waals surface area contributed by atoms with E-state index >= 15 is 0 Å². The molecule has 4 saturated carbocycles. The molecule has 6 rings (SSSR count). The molecule has 2 amide bonds. The zero-order valence-electron chi connectivity index (χ0n) is 14.8. The van der Waals surface area contributed by atoms with Crippen molar-refractivity contribution in [1.82, 2.24) is 5.32 Å². The number of hydrogen-bond donors (Lipinski definition) is 2. The first-order valence-electron chi connectivity index (χ1n) is 9.57. The fourth-order valence-electron chi connectivity index (χ4n) is 5.92. The van der Waals surface area contributed by atoms with Crippen LogP contribution in [0.25, 0.3) is 0 Å². The van der Waals surface area contributed by atoms with Crippen molar-refractivity contribution in [3.63, 3.8) is 0 Å². The van der Waals surface area contributed by atoms with E-state index in [1.807, 2.05) is 0 Å². The van der Waals surface area contributed by atoms with Gasteiger partial charge in [0.15, 0.2) is 11.5 Å². The lowest BCUT2D eigenvalue weighted by molar-refractivity contribution is -0.146. The normalized spacial score (nSPS) is 33.2. The van der Waals surface area contributed by atoms with Crippen LogP contribution in [0.3, 0.4) is 0 Å². The maximum absolute atomic E-state index is 12.9. The first-order valence-corrected chi connectivity index (χ1v) is 9.57. The number of nitrogens with one attached hydrogen (secondary N) is 2. The molecular weight excluding hydrogens is 332 g/mol. The summed E-state index contributed by atoms with van der Waals surface area (Å²) in [5.74, 6) is 3.32. The van der Waals surface area contributed by atoms with Crippen LogP contribution in [0, 0.1) is 23.2 Å². The molecule has 0 atom stereocenters. The Kier molecular flexibility index (Phi) is 3.62. The van der Waals surface area contributed by atoms with Crippen LogP contribution in [-0.2, 0) is 9.59 Å². The standard InChI is InChI=1S/C20H24N2O4/c23-18(22-15-1-2-16-17(6-15)26-11-25-16)10-21-19(24)20-7-12-3-13(8-20)5-14(4-12)9-20/h1-2,6,12-14H,3-5,7-11H2,(H,21,24)(H,22,23). The van der Waals surface area contributed by atoms with Crippen molar-refractivity contribution in [2.75, 3.05) is 18.7 Å². The monoisotopic (exact) mass is 356 g/mol. The molecule has 6 nitrogen and oxygen atoms in total. The first-order chi connectivity index (χ1) is 12.6. The zero-order valence-corrected chi connectivity index (χ0v) is 14.8.